The van der Waals surface area contributed by atoms with E-state index in [2.05, 4.69) is 10.9 Å². The van der Waals surface area contributed by atoms with Gasteiger partial charge >= 0.3 is 0 Å². The molecule has 5 rings (SSSR count). The standard InChI is InChI=1S/C18H20Cl2N2O2/c19-14-2-1-13(6-15(14)20)16(23)21-22-17(24)18-7-10-3-11(8-18)5-12(4-10)9-18/h1-2,6,10-12H,3-5,7-9H2,(H,21,23)(H,22,24). The van der Waals surface area contributed by atoms with E-state index in [1.807, 2.05) is 0 Å². The maximum atomic E-state index is 12.8. The summed E-state index contributed by atoms with van der Waals surface area (Å²) in [5, 5.41) is 0.711. The Bertz CT molecular complexity index is 669. The van der Waals surface area contributed by atoms with Gasteiger partial charge in [0.15, 0.2) is 0 Å². The lowest BCUT2D eigenvalue weighted by atomic mass is 9.49. The third kappa shape index (κ3) is 2.80. The highest BCUT2D eigenvalue weighted by atomic mass is 35.5. The van der Waals surface area contributed by atoms with Gasteiger partial charge in [0.2, 0.25) is 5.91 Å². The van der Waals surface area contributed by atoms with Gasteiger partial charge in [0, 0.05) is 5.56 Å². The van der Waals surface area contributed by atoms with Crippen LogP contribution in [0.2, 0.25) is 10.0 Å². The molecule has 2 amide bonds. The number of carbonyl (C=O) groups excluding carboxylic acids is 2. The average Bonchev–Trinajstić information content (AvgIpc) is 2.53. The molecular weight excluding hydrogens is 347 g/mol. The first-order chi connectivity index (χ1) is 11.4. The first-order valence-corrected chi connectivity index (χ1v) is 9.27. The summed E-state index contributed by atoms with van der Waals surface area (Å²) in [4.78, 5) is 25.0. The number of halogens is 2. The van der Waals surface area contributed by atoms with Crippen LogP contribution in [0.25, 0.3) is 0 Å². The summed E-state index contributed by atoms with van der Waals surface area (Å²) in [5.74, 6) is 1.65. The topological polar surface area (TPSA) is 58.2 Å². The number of hydrogen-bond acceptors (Lipinski definition) is 2. The molecule has 4 aliphatic rings. The highest BCUT2D eigenvalue weighted by Crippen LogP contribution is 2.60. The Morgan fingerprint density at radius 3 is 2.04 bits per heavy atom. The number of hydrogen-bond donors (Lipinski definition) is 2. The van der Waals surface area contributed by atoms with Crippen LogP contribution in [0.3, 0.4) is 0 Å². The summed E-state index contributed by atoms with van der Waals surface area (Å²) in [5.41, 5.74) is 5.28. The molecule has 4 bridgehead atoms. The lowest BCUT2D eigenvalue weighted by Crippen LogP contribution is -2.56. The molecule has 24 heavy (non-hydrogen) atoms. The summed E-state index contributed by atoms with van der Waals surface area (Å²) < 4.78 is 0. The van der Waals surface area contributed by atoms with Crippen LogP contribution in [-0.2, 0) is 4.79 Å². The van der Waals surface area contributed by atoms with Crippen molar-refractivity contribution in [2.75, 3.05) is 0 Å². The molecule has 0 aliphatic heterocycles. The molecule has 4 fully saturated rings. The minimum atomic E-state index is -0.383. The minimum Gasteiger partial charge on any atom is -0.273 e. The van der Waals surface area contributed by atoms with E-state index in [-0.39, 0.29) is 17.2 Å². The molecule has 2 N–H and O–H groups in total. The second kappa shape index (κ2) is 5.92. The van der Waals surface area contributed by atoms with E-state index in [0.29, 0.717) is 33.4 Å². The van der Waals surface area contributed by atoms with Crippen LogP contribution in [0.1, 0.15) is 48.9 Å². The highest BCUT2D eigenvalue weighted by molar-refractivity contribution is 6.42. The summed E-state index contributed by atoms with van der Waals surface area (Å²) in [6.45, 7) is 0. The van der Waals surface area contributed by atoms with Crippen molar-refractivity contribution in [1.29, 1.82) is 0 Å². The summed E-state index contributed by atoms with van der Waals surface area (Å²) in [7, 11) is 0. The number of carbonyl (C=O) groups is 2. The van der Waals surface area contributed by atoms with Crippen LogP contribution < -0.4 is 10.9 Å². The molecule has 4 nitrogen and oxygen atoms in total. The Balaban J connectivity index is 1.41. The van der Waals surface area contributed by atoms with E-state index < -0.39 is 0 Å². The molecule has 4 saturated carbocycles. The van der Waals surface area contributed by atoms with Crippen LogP contribution in [0.5, 0.6) is 0 Å². The summed E-state index contributed by atoms with van der Waals surface area (Å²) >= 11 is 11.8. The molecule has 4 aliphatic carbocycles. The van der Waals surface area contributed by atoms with Gasteiger partial charge < -0.3 is 0 Å². The third-order valence-corrected chi connectivity index (χ3v) is 6.73. The number of amides is 2. The summed E-state index contributed by atoms with van der Waals surface area (Å²) in [6, 6.07) is 4.65. The molecule has 0 saturated heterocycles. The predicted octanol–water partition coefficient (Wildman–Crippen LogP) is 3.97. The van der Waals surface area contributed by atoms with Gasteiger partial charge in [-0.25, -0.2) is 0 Å². The van der Waals surface area contributed by atoms with E-state index in [0.717, 1.165) is 19.3 Å². The lowest BCUT2D eigenvalue weighted by Gasteiger charge is -2.55. The molecule has 6 heteroatoms. The Morgan fingerprint density at radius 1 is 0.917 bits per heavy atom. The van der Waals surface area contributed by atoms with Crippen molar-refractivity contribution in [1.82, 2.24) is 10.9 Å². The third-order valence-electron chi connectivity index (χ3n) is 5.99. The SMILES string of the molecule is O=C(NNC(=O)C12CC3CC(CC(C3)C1)C2)c1ccc(Cl)c(Cl)c1. The minimum absolute atomic E-state index is 0.0324. The quantitative estimate of drug-likeness (QED) is 0.777. The molecular formula is C18H20Cl2N2O2. The number of rotatable bonds is 2. The Morgan fingerprint density at radius 2 is 1.50 bits per heavy atom. The summed E-state index contributed by atoms with van der Waals surface area (Å²) in [6.07, 6.45) is 6.74. The Labute approximate surface area is 151 Å². The number of hydrazine groups is 1. The van der Waals surface area contributed by atoms with Crippen molar-refractivity contribution in [2.45, 2.75) is 38.5 Å². The van der Waals surface area contributed by atoms with Crippen LogP contribution in [0.15, 0.2) is 18.2 Å². The number of nitrogens with one attached hydrogen (secondary N) is 2. The van der Waals surface area contributed by atoms with Gasteiger partial charge in [-0.1, -0.05) is 23.2 Å². The smallest absolute Gasteiger partial charge is 0.269 e. The second-order valence-corrected chi connectivity index (χ2v) is 8.55. The van der Waals surface area contributed by atoms with Crippen LogP contribution in [-0.4, -0.2) is 11.8 Å². The van der Waals surface area contributed by atoms with Gasteiger partial charge in [0.1, 0.15) is 0 Å². The maximum absolute atomic E-state index is 12.8. The maximum Gasteiger partial charge on any atom is 0.269 e. The fourth-order valence-electron chi connectivity index (χ4n) is 5.34. The van der Waals surface area contributed by atoms with E-state index >= 15 is 0 Å². The Hall–Kier alpha value is -1.26. The second-order valence-electron chi connectivity index (χ2n) is 7.74. The van der Waals surface area contributed by atoms with Crippen molar-refractivity contribution >= 4 is 35.0 Å². The van der Waals surface area contributed by atoms with Crippen LogP contribution in [0.4, 0.5) is 0 Å². The zero-order valence-corrected chi connectivity index (χ0v) is 14.8. The molecule has 1 aromatic rings. The van der Waals surface area contributed by atoms with E-state index in [1.165, 1.54) is 25.3 Å². The van der Waals surface area contributed by atoms with Crippen LogP contribution >= 0.6 is 23.2 Å². The van der Waals surface area contributed by atoms with Gasteiger partial charge in [0.25, 0.3) is 5.91 Å². The van der Waals surface area contributed by atoms with Crippen molar-refractivity contribution in [3.63, 3.8) is 0 Å². The largest absolute Gasteiger partial charge is 0.273 e. The first-order valence-electron chi connectivity index (χ1n) is 8.51. The van der Waals surface area contributed by atoms with Crippen molar-refractivity contribution in [3.8, 4) is 0 Å². The molecule has 0 aromatic heterocycles. The van der Waals surface area contributed by atoms with E-state index in [9.17, 15) is 9.59 Å². The van der Waals surface area contributed by atoms with Crippen LogP contribution in [0, 0.1) is 23.2 Å². The average molecular weight is 367 g/mol. The molecule has 1 aromatic carbocycles. The molecule has 0 atom stereocenters. The highest BCUT2D eigenvalue weighted by Gasteiger charge is 2.54. The van der Waals surface area contributed by atoms with Crippen molar-refractivity contribution in [2.24, 2.45) is 23.2 Å². The number of benzene rings is 1. The van der Waals surface area contributed by atoms with Gasteiger partial charge in [0.05, 0.1) is 15.5 Å². The normalized spacial score (nSPS) is 33.3. The van der Waals surface area contributed by atoms with Gasteiger partial charge in [-0.15, -0.1) is 0 Å². The molecule has 0 spiro atoms. The van der Waals surface area contributed by atoms with Gasteiger partial charge in [-0.3, -0.25) is 20.4 Å². The fourth-order valence-corrected chi connectivity index (χ4v) is 5.64. The monoisotopic (exact) mass is 366 g/mol. The molecule has 0 unspecified atom stereocenters. The van der Waals surface area contributed by atoms with Gasteiger partial charge in [-0.2, -0.15) is 0 Å². The first kappa shape index (κ1) is 16.2. The zero-order valence-electron chi connectivity index (χ0n) is 13.3. The molecule has 0 radical (unpaired) electrons. The molecule has 128 valence electrons. The van der Waals surface area contributed by atoms with E-state index in [1.54, 1.807) is 12.1 Å². The predicted molar refractivity (Wildman–Crippen MR) is 92.7 cm³/mol. The Kier molecular flexibility index (Phi) is 4.00. The fraction of sp³-hybridized carbons (Fsp3) is 0.556. The van der Waals surface area contributed by atoms with Crippen molar-refractivity contribution < 1.29 is 9.59 Å². The van der Waals surface area contributed by atoms with Crippen molar-refractivity contribution in [3.05, 3.63) is 33.8 Å². The lowest BCUT2D eigenvalue weighted by molar-refractivity contribution is -0.147. The molecule has 0 heterocycles. The van der Waals surface area contributed by atoms with Gasteiger partial charge in [-0.05, 0) is 74.5 Å². The zero-order chi connectivity index (χ0) is 16.9. The van der Waals surface area contributed by atoms with E-state index in [4.69, 9.17) is 23.2 Å².